The van der Waals surface area contributed by atoms with Gasteiger partial charge in [-0.05, 0) is 69.4 Å². The number of nitrogens with zero attached hydrogens (tertiary/aromatic N) is 1. The molecule has 154 valence electrons. The third-order valence-electron chi connectivity index (χ3n) is 5.51. The third-order valence-corrected chi connectivity index (χ3v) is 5.51. The molecule has 0 radical (unpaired) electrons. The number of pyridine rings is 1. The Balaban J connectivity index is 2.12. The molecule has 1 unspecified atom stereocenters. The summed E-state index contributed by atoms with van der Waals surface area (Å²) < 4.78 is 11.9. The number of aromatic nitrogens is 1. The van der Waals surface area contributed by atoms with Gasteiger partial charge in [0.1, 0.15) is 22.7 Å². The lowest BCUT2D eigenvalue weighted by molar-refractivity contribution is -0.163. The fourth-order valence-corrected chi connectivity index (χ4v) is 3.61. The maximum absolute atomic E-state index is 13.4. The summed E-state index contributed by atoms with van der Waals surface area (Å²) in [5.74, 6) is 0.774. The van der Waals surface area contributed by atoms with Crippen molar-refractivity contribution in [2.75, 3.05) is 0 Å². The highest BCUT2D eigenvalue weighted by atomic mass is 16.5. The van der Waals surface area contributed by atoms with Crippen LogP contribution in [0.15, 0.2) is 42.3 Å². The van der Waals surface area contributed by atoms with E-state index in [1.165, 1.54) is 0 Å². The van der Waals surface area contributed by atoms with Crippen LogP contribution in [0.5, 0.6) is 11.6 Å². The highest BCUT2D eigenvalue weighted by Crippen LogP contribution is 2.43. The molecule has 0 amide bonds. The predicted octanol–water partition coefficient (Wildman–Crippen LogP) is 5.56. The molecule has 0 saturated carbocycles. The van der Waals surface area contributed by atoms with E-state index >= 15 is 0 Å². The van der Waals surface area contributed by atoms with Gasteiger partial charge < -0.3 is 14.6 Å². The summed E-state index contributed by atoms with van der Waals surface area (Å²) in [5.41, 5.74) is 1.03. The summed E-state index contributed by atoms with van der Waals surface area (Å²) in [6.07, 6.45) is 2.96. The molecule has 2 aromatic rings. The van der Waals surface area contributed by atoms with Gasteiger partial charge in [0.15, 0.2) is 5.78 Å². The van der Waals surface area contributed by atoms with Gasteiger partial charge in [-0.1, -0.05) is 26.0 Å². The van der Waals surface area contributed by atoms with Crippen LogP contribution in [0.25, 0.3) is 5.57 Å². The summed E-state index contributed by atoms with van der Waals surface area (Å²) in [7, 11) is 0. The fourth-order valence-electron chi connectivity index (χ4n) is 3.61. The molecular weight excluding hydrogens is 366 g/mol. The monoisotopic (exact) mass is 395 g/mol. The van der Waals surface area contributed by atoms with Crippen molar-refractivity contribution in [2.24, 2.45) is 0 Å². The van der Waals surface area contributed by atoms with Crippen LogP contribution in [0, 0.1) is 6.92 Å². The van der Waals surface area contributed by atoms with Crippen molar-refractivity contribution in [3.8, 4) is 11.6 Å². The van der Waals surface area contributed by atoms with Crippen LogP contribution in [0.2, 0.25) is 0 Å². The van der Waals surface area contributed by atoms with E-state index in [1.54, 1.807) is 39.1 Å². The Morgan fingerprint density at radius 3 is 2.45 bits per heavy atom. The van der Waals surface area contributed by atoms with Crippen molar-refractivity contribution >= 4 is 11.4 Å². The highest BCUT2D eigenvalue weighted by molar-refractivity contribution is 6.26. The van der Waals surface area contributed by atoms with E-state index in [0.29, 0.717) is 35.6 Å². The smallest absolute Gasteiger partial charge is 0.219 e. The Bertz CT molecular complexity index is 959. The molecule has 0 fully saturated rings. The molecule has 0 spiro atoms. The first-order valence-electron chi connectivity index (χ1n) is 10.0. The van der Waals surface area contributed by atoms with Crippen molar-refractivity contribution in [3.05, 3.63) is 59.0 Å². The van der Waals surface area contributed by atoms with Crippen molar-refractivity contribution in [1.29, 1.82) is 0 Å². The van der Waals surface area contributed by atoms with E-state index < -0.39 is 11.2 Å². The summed E-state index contributed by atoms with van der Waals surface area (Å²) in [6.45, 7) is 11.2. The van der Waals surface area contributed by atoms with Gasteiger partial charge in [-0.25, -0.2) is 4.98 Å². The second-order valence-electron chi connectivity index (χ2n) is 8.20. The number of rotatable bonds is 5. The van der Waals surface area contributed by atoms with E-state index in [0.717, 1.165) is 11.1 Å². The molecule has 29 heavy (non-hydrogen) atoms. The van der Waals surface area contributed by atoms with Crippen molar-refractivity contribution in [2.45, 2.75) is 65.6 Å². The molecule has 0 bridgehead atoms. The molecule has 1 aliphatic heterocycles. The lowest BCUT2D eigenvalue weighted by Gasteiger charge is -2.42. The first kappa shape index (κ1) is 21.1. The van der Waals surface area contributed by atoms with E-state index in [1.807, 2.05) is 39.0 Å². The van der Waals surface area contributed by atoms with Crippen LogP contribution in [-0.2, 0) is 16.0 Å². The number of Topliss-reactive ketones (excluding diaryl/α,β-unsaturated/α-hetero) is 1. The van der Waals surface area contributed by atoms with Crippen LogP contribution in [0.4, 0.5) is 0 Å². The first-order valence-corrected chi connectivity index (χ1v) is 10.0. The quantitative estimate of drug-likeness (QED) is 0.718. The molecule has 2 heterocycles. The highest BCUT2D eigenvalue weighted by Gasteiger charge is 2.48. The summed E-state index contributed by atoms with van der Waals surface area (Å²) in [5, 5.41) is 11.0. The molecule has 1 N–H and O–H groups in total. The van der Waals surface area contributed by atoms with Crippen LogP contribution >= 0.6 is 0 Å². The molecule has 1 aliphatic rings. The number of aliphatic hydroxyl groups excluding tert-OH is 1. The zero-order valence-electron chi connectivity index (χ0n) is 18.0. The number of ether oxygens (including phenoxy) is 2. The molecule has 0 saturated heterocycles. The fraction of sp³-hybridized carbons (Fsp3) is 0.417. The average Bonchev–Trinajstić information content (AvgIpc) is 2.68. The molecule has 5 nitrogen and oxygen atoms in total. The lowest BCUT2D eigenvalue weighted by atomic mass is 9.79. The maximum Gasteiger partial charge on any atom is 0.219 e. The Kier molecular flexibility index (Phi) is 5.54. The van der Waals surface area contributed by atoms with Crippen LogP contribution < -0.4 is 4.74 Å². The number of aliphatic hydroxyl groups is 1. The largest absolute Gasteiger partial charge is 0.508 e. The molecular formula is C24H29NO4. The van der Waals surface area contributed by atoms with Crippen LogP contribution in [-0.4, -0.2) is 27.1 Å². The van der Waals surface area contributed by atoms with E-state index in [-0.39, 0.29) is 11.5 Å². The standard InChI is InChI=1S/C24H29NO4/c1-7-16-10-11-17(28-19-12-9-15(3)14-25-19)13-18(16)20-21(26)23(4,5)29-24(6,8-2)22(20)27/h9-14,26H,7-8H2,1-6H3. The van der Waals surface area contributed by atoms with Crippen molar-refractivity contribution in [3.63, 3.8) is 0 Å². The molecule has 1 aromatic carbocycles. The normalized spacial score (nSPS) is 21.4. The maximum atomic E-state index is 13.4. The first-order chi connectivity index (χ1) is 13.6. The number of ketones is 1. The van der Waals surface area contributed by atoms with Crippen LogP contribution in [0.1, 0.15) is 57.7 Å². The Hall–Kier alpha value is -2.66. The summed E-state index contributed by atoms with van der Waals surface area (Å²) >= 11 is 0. The van der Waals surface area contributed by atoms with E-state index in [9.17, 15) is 9.90 Å². The second kappa shape index (κ2) is 7.64. The SMILES string of the molecule is CCc1ccc(Oc2ccc(C)cn2)cc1C1=C(O)C(C)(C)OC(C)(CC)C1=O. The molecule has 1 atom stereocenters. The van der Waals surface area contributed by atoms with Gasteiger partial charge in [0.05, 0.1) is 5.57 Å². The average molecular weight is 395 g/mol. The van der Waals surface area contributed by atoms with Gasteiger partial charge in [0.2, 0.25) is 5.88 Å². The van der Waals surface area contributed by atoms with Gasteiger partial charge in [-0.15, -0.1) is 0 Å². The van der Waals surface area contributed by atoms with Gasteiger partial charge in [-0.2, -0.15) is 0 Å². The number of hydrogen-bond donors (Lipinski definition) is 1. The van der Waals surface area contributed by atoms with Gasteiger partial charge >= 0.3 is 0 Å². The number of hydrogen-bond acceptors (Lipinski definition) is 5. The number of carbonyl (C=O) groups excluding carboxylic acids is 1. The zero-order valence-corrected chi connectivity index (χ0v) is 18.0. The zero-order chi connectivity index (χ0) is 21.4. The molecule has 3 rings (SSSR count). The summed E-state index contributed by atoms with van der Waals surface area (Å²) in [6, 6.07) is 9.32. The van der Waals surface area contributed by atoms with Crippen LogP contribution in [0.3, 0.4) is 0 Å². The Labute approximate surface area is 172 Å². The van der Waals surface area contributed by atoms with E-state index in [2.05, 4.69) is 4.98 Å². The third kappa shape index (κ3) is 3.92. The minimum Gasteiger partial charge on any atom is -0.508 e. The molecule has 0 aliphatic carbocycles. The Morgan fingerprint density at radius 1 is 1.14 bits per heavy atom. The summed E-state index contributed by atoms with van der Waals surface area (Å²) in [4.78, 5) is 17.6. The number of aryl methyl sites for hydroxylation is 2. The van der Waals surface area contributed by atoms with Gasteiger partial charge in [0.25, 0.3) is 0 Å². The molecule has 1 aromatic heterocycles. The number of benzene rings is 1. The molecule has 5 heteroatoms. The van der Waals surface area contributed by atoms with Gasteiger partial charge in [-0.3, -0.25) is 4.79 Å². The van der Waals surface area contributed by atoms with Crippen molar-refractivity contribution < 1.29 is 19.4 Å². The Morgan fingerprint density at radius 2 is 1.86 bits per heavy atom. The lowest BCUT2D eigenvalue weighted by Crippen LogP contribution is -2.51. The minimum atomic E-state index is -0.995. The van der Waals surface area contributed by atoms with Crippen molar-refractivity contribution in [1.82, 2.24) is 4.98 Å². The predicted molar refractivity (Wildman–Crippen MR) is 113 cm³/mol. The minimum absolute atomic E-state index is 0.0475. The second-order valence-corrected chi connectivity index (χ2v) is 8.20. The van der Waals surface area contributed by atoms with E-state index in [4.69, 9.17) is 9.47 Å². The topological polar surface area (TPSA) is 68.7 Å². The van der Waals surface area contributed by atoms with Gasteiger partial charge in [0, 0.05) is 12.3 Å². The number of carbonyl (C=O) groups is 1.